The van der Waals surface area contributed by atoms with Crippen molar-refractivity contribution in [1.82, 2.24) is 0 Å². The number of Topliss-reactive ketones (excluding diaryl/α,β-unsaturated/α-hetero) is 1. The molecule has 0 amide bonds. The van der Waals surface area contributed by atoms with Crippen LogP contribution in [0.1, 0.15) is 17.3 Å². The Morgan fingerprint density at radius 1 is 1.17 bits per heavy atom. The Bertz CT molecular complexity index is 581. The smallest absolute Gasteiger partial charge is 0.161 e. The van der Waals surface area contributed by atoms with Gasteiger partial charge in [-0.2, -0.15) is 0 Å². The normalized spacial score (nSPS) is 10.2. The fourth-order valence-corrected chi connectivity index (χ4v) is 1.98. The molecule has 0 bridgehead atoms. The molecule has 2 aromatic rings. The first-order chi connectivity index (χ1) is 8.56. The molecule has 1 N–H and O–H groups in total. The van der Waals surface area contributed by atoms with Gasteiger partial charge >= 0.3 is 0 Å². The molecule has 0 saturated heterocycles. The topological polar surface area (TPSA) is 29.1 Å². The van der Waals surface area contributed by atoms with E-state index in [0.29, 0.717) is 11.3 Å². The molecule has 0 atom stereocenters. The zero-order valence-electron chi connectivity index (χ0n) is 9.71. The predicted octanol–water partition coefficient (Wildman–Crippen LogP) is 4.53. The van der Waals surface area contributed by atoms with Gasteiger partial charge < -0.3 is 5.32 Å². The van der Waals surface area contributed by atoms with Crippen LogP contribution in [0.3, 0.4) is 0 Å². The average molecular weight is 308 g/mol. The quantitative estimate of drug-likeness (QED) is 0.844. The van der Waals surface area contributed by atoms with E-state index in [4.69, 9.17) is 0 Å². The maximum atomic E-state index is 12.8. The van der Waals surface area contributed by atoms with Crippen LogP contribution in [0.5, 0.6) is 0 Å². The summed E-state index contributed by atoms with van der Waals surface area (Å²) in [5.74, 6) is -0.311. The molecule has 0 aromatic heterocycles. The summed E-state index contributed by atoms with van der Waals surface area (Å²) in [7, 11) is 0. The molecule has 0 radical (unpaired) electrons. The second kappa shape index (κ2) is 5.31. The largest absolute Gasteiger partial charge is 0.355 e. The van der Waals surface area contributed by atoms with E-state index in [1.165, 1.54) is 19.1 Å². The highest BCUT2D eigenvalue weighted by Crippen LogP contribution is 2.25. The lowest BCUT2D eigenvalue weighted by Crippen LogP contribution is -2.00. The highest BCUT2D eigenvalue weighted by atomic mass is 79.9. The molecule has 0 saturated carbocycles. The van der Waals surface area contributed by atoms with Crippen LogP contribution in [0.4, 0.5) is 15.8 Å². The monoisotopic (exact) mass is 307 g/mol. The standard InChI is InChI=1S/C14H11BrFNO/c1-9(18)13-7-2-10(15)8-14(13)17-12-5-3-11(16)4-6-12/h2-8,17H,1H3. The van der Waals surface area contributed by atoms with Crippen molar-refractivity contribution in [3.05, 3.63) is 58.3 Å². The lowest BCUT2D eigenvalue weighted by molar-refractivity contribution is 0.101. The van der Waals surface area contributed by atoms with Crippen molar-refractivity contribution < 1.29 is 9.18 Å². The first-order valence-electron chi connectivity index (χ1n) is 5.39. The Morgan fingerprint density at radius 2 is 1.83 bits per heavy atom. The van der Waals surface area contributed by atoms with Crippen molar-refractivity contribution in [3.8, 4) is 0 Å². The Hall–Kier alpha value is -1.68. The minimum atomic E-state index is -0.290. The minimum Gasteiger partial charge on any atom is -0.355 e. The fraction of sp³-hybridized carbons (Fsp3) is 0.0714. The number of benzene rings is 2. The van der Waals surface area contributed by atoms with Crippen molar-refractivity contribution >= 4 is 33.1 Å². The molecule has 2 nitrogen and oxygen atoms in total. The van der Waals surface area contributed by atoms with Crippen LogP contribution in [-0.2, 0) is 0 Å². The van der Waals surface area contributed by atoms with Crippen LogP contribution in [0.25, 0.3) is 0 Å². The Labute approximate surface area is 113 Å². The zero-order chi connectivity index (χ0) is 13.1. The van der Waals surface area contributed by atoms with Crippen LogP contribution in [0, 0.1) is 5.82 Å². The summed E-state index contributed by atoms with van der Waals surface area (Å²) < 4.78 is 13.7. The molecule has 2 aromatic carbocycles. The molecule has 92 valence electrons. The number of hydrogen-bond acceptors (Lipinski definition) is 2. The van der Waals surface area contributed by atoms with Gasteiger partial charge in [-0.15, -0.1) is 0 Å². The molecule has 0 fully saturated rings. The lowest BCUT2D eigenvalue weighted by atomic mass is 10.1. The second-order valence-corrected chi connectivity index (χ2v) is 4.79. The van der Waals surface area contributed by atoms with Gasteiger partial charge in [-0.05, 0) is 49.4 Å². The van der Waals surface area contributed by atoms with Gasteiger partial charge in [-0.25, -0.2) is 4.39 Å². The summed E-state index contributed by atoms with van der Waals surface area (Å²) in [5.41, 5.74) is 2.03. The van der Waals surface area contributed by atoms with E-state index >= 15 is 0 Å². The number of carbonyl (C=O) groups excluding carboxylic acids is 1. The number of rotatable bonds is 3. The third-order valence-electron chi connectivity index (χ3n) is 2.48. The average Bonchev–Trinajstić information content (AvgIpc) is 2.32. The van der Waals surface area contributed by atoms with Crippen molar-refractivity contribution in [2.45, 2.75) is 6.92 Å². The number of halogens is 2. The van der Waals surface area contributed by atoms with E-state index in [0.717, 1.165) is 10.2 Å². The van der Waals surface area contributed by atoms with Crippen LogP contribution in [-0.4, -0.2) is 5.78 Å². The number of nitrogens with one attached hydrogen (secondary N) is 1. The third kappa shape index (κ3) is 2.96. The van der Waals surface area contributed by atoms with E-state index in [1.54, 1.807) is 18.2 Å². The third-order valence-corrected chi connectivity index (χ3v) is 2.98. The molecular formula is C14H11BrFNO. The number of carbonyl (C=O) groups is 1. The van der Waals surface area contributed by atoms with E-state index in [9.17, 15) is 9.18 Å². The predicted molar refractivity (Wildman–Crippen MR) is 73.8 cm³/mol. The molecular weight excluding hydrogens is 297 g/mol. The van der Waals surface area contributed by atoms with Crippen molar-refractivity contribution in [1.29, 1.82) is 0 Å². The van der Waals surface area contributed by atoms with Crippen molar-refractivity contribution in [2.24, 2.45) is 0 Å². The van der Waals surface area contributed by atoms with Gasteiger partial charge in [0.15, 0.2) is 5.78 Å². The summed E-state index contributed by atoms with van der Waals surface area (Å²) in [4.78, 5) is 11.5. The number of anilines is 2. The molecule has 18 heavy (non-hydrogen) atoms. The summed E-state index contributed by atoms with van der Waals surface area (Å²) in [6.45, 7) is 1.51. The summed E-state index contributed by atoms with van der Waals surface area (Å²) in [5, 5.41) is 3.10. The Kier molecular flexibility index (Phi) is 3.77. The lowest BCUT2D eigenvalue weighted by Gasteiger charge is -2.10. The molecule has 0 aliphatic carbocycles. The van der Waals surface area contributed by atoms with E-state index < -0.39 is 0 Å². The first kappa shape index (κ1) is 12.8. The maximum Gasteiger partial charge on any atom is 0.161 e. The van der Waals surface area contributed by atoms with Gasteiger partial charge in [0.2, 0.25) is 0 Å². The van der Waals surface area contributed by atoms with Gasteiger partial charge in [-0.1, -0.05) is 15.9 Å². The van der Waals surface area contributed by atoms with Gasteiger partial charge in [0.25, 0.3) is 0 Å². The first-order valence-corrected chi connectivity index (χ1v) is 6.18. The van der Waals surface area contributed by atoms with E-state index in [2.05, 4.69) is 21.2 Å². The second-order valence-electron chi connectivity index (χ2n) is 3.88. The van der Waals surface area contributed by atoms with Crippen LogP contribution < -0.4 is 5.32 Å². The van der Waals surface area contributed by atoms with Gasteiger partial charge in [0.05, 0.1) is 5.69 Å². The molecule has 0 spiro atoms. The highest BCUT2D eigenvalue weighted by molar-refractivity contribution is 9.10. The number of ketones is 1. The minimum absolute atomic E-state index is 0.0212. The fourth-order valence-electron chi connectivity index (χ4n) is 1.62. The van der Waals surface area contributed by atoms with Crippen LogP contribution in [0.2, 0.25) is 0 Å². The zero-order valence-corrected chi connectivity index (χ0v) is 11.3. The van der Waals surface area contributed by atoms with Gasteiger partial charge in [0.1, 0.15) is 5.82 Å². The van der Waals surface area contributed by atoms with E-state index in [1.807, 2.05) is 12.1 Å². The summed E-state index contributed by atoms with van der Waals surface area (Å²) in [6.07, 6.45) is 0. The summed E-state index contributed by atoms with van der Waals surface area (Å²) in [6, 6.07) is 11.4. The van der Waals surface area contributed by atoms with Crippen LogP contribution in [0.15, 0.2) is 46.9 Å². The van der Waals surface area contributed by atoms with E-state index in [-0.39, 0.29) is 11.6 Å². The van der Waals surface area contributed by atoms with Crippen molar-refractivity contribution in [2.75, 3.05) is 5.32 Å². The molecule has 2 rings (SSSR count). The van der Waals surface area contributed by atoms with Gasteiger partial charge in [0, 0.05) is 15.7 Å². The van der Waals surface area contributed by atoms with Gasteiger partial charge in [-0.3, -0.25) is 4.79 Å². The highest BCUT2D eigenvalue weighted by Gasteiger charge is 2.08. The number of hydrogen-bond donors (Lipinski definition) is 1. The van der Waals surface area contributed by atoms with Crippen molar-refractivity contribution in [3.63, 3.8) is 0 Å². The molecule has 0 heterocycles. The summed E-state index contributed by atoms with van der Waals surface area (Å²) >= 11 is 3.36. The Balaban J connectivity index is 2.35. The molecule has 0 unspecified atom stereocenters. The Morgan fingerprint density at radius 3 is 2.44 bits per heavy atom. The van der Waals surface area contributed by atoms with Crippen LogP contribution >= 0.6 is 15.9 Å². The molecule has 0 aliphatic heterocycles. The molecule has 0 aliphatic rings. The molecule has 4 heteroatoms. The SMILES string of the molecule is CC(=O)c1ccc(Br)cc1Nc1ccc(F)cc1. The maximum absolute atomic E-state index is 12.8.